The highest BCUT2D eigenvalue weighted by Crippen LogP contribution is 2.42. The molecule has 0 bridgehead atoms. The van der Waals surface area contributed by atoms with Gasteiger partial charge >= 0.3 is 0 Å². The maximum atomic E-state index is 13.3. The Morgan fingerprint density at radius 1 is 1.00 bits per heavy atom. The van der Waals surface area contributed by atoms with Gasteiger partial charge in [0.05, 0.1) is 18.7 Å². The number of methoxy groups -OCH3 is 1. The second kappa shape index (κ2) is 9.10. The van der Waals surface area contributed by atoms with Crippen LogP contribution in [-0.4, -0.2) is 23.9 Å². The van der Waals surface area contributed by atoms with Crippen molar-refractivity contribution in [2.45, 2.75) is 25.8 Å². The average Bonchev–Trinajstić information content (AvgIpc) is 3.09. The van der Waals surface area contributed by atoms with Crippen LogP contribution >= 0.6 is 0 Å². The third kappa shape index (κ3) is 4.14. The fraction of sp³-hybridized carbons (Fsp3) is 0.185. The number of nitrogens with zero attached hydrogens (tertiary/aromatic N) is 1. The van der Waals surface area contributed by atoms with Gasteiger partial charge in [-0.15, -0.1) is 0 Å². The number of hydrogen-bond donors (Lipinski definition) is 1. The summed E-state index contributed by atoms with van der Waals surface area (Å²) in [5.74, 6) is -0.701. The second-order valence-electron chi connectivity index (χ2n) is 7.86. The third-order valence-corrected chi connectivity index (χ3v) is 5.68. The lowest BCUT2D eigenvalue weighted by Gasteiger charge is -2.27. The first-order valence-corrected chi connectivity index (χ1v) is 10.5. The summed E-state index contributed by atoms with van der Waals surface area (Å²) >= 11 is 0. The quantitative estimate of drug-likeness (QED) is 0.569. The summed E-state index contributed by atoms with van der Waals surface area (Å²) in [6.45, 7) is 1.93. The van der Waals surface area contributed by atoms with Gasteiger partial charge in [0.25, 0.3) is 5.91 Å². The summed E-state index contributed by atoms with van der Waals surface area (Å²) in [5.41, 5.74) is 3.45. The fourth-order valence-corrected chi connectivity index (χ4v) is 4.10. The molecule has 1 N–H and O–H groups in total. The van der Waals surface area contributed by atoms with Crippen LogP contribution in [0.15, 0.2) is 90.2 Å². The van der Waals surface area contributed by atoms with Crippen molar-refractivity contribution in [1.82, 2.24) is 0 Å². The van der Waals surface area contributed by atoms with E-state index in [1.54, 1.807) is 19.2 Å². The van der Waals surface area contributed by atoms with Crippen molar-refractivity contribution in [3.05, 3.63) is 107 Å². The molecule has 5 heteroatoms. The van der Waals surface area contributed by atoms with Gasteiger partial charge in [-0.25, -0.2) is 0 Å². The molecule has 5 nitrogen and oxygen atoms in total. The number of carbonyl (C=O) groups is 2. The summed E-state index contributed by atoms with van der Waals surface area (Å²) in [7, 11) is 1.57. The number of ether oxygens (including phenoxy) is 1. The lowest BCUT2D eigenvalue weighted by molar-refractivity contribution is -0.118. The number of aliphatic hydroxyl groups excluding tert-OH is 1. The van der Waals surface area contributed by atoms with Crippen molar-refractivity contribution in [3.8, 4) is 5.75 Å². The fourth-order valence-electron chi connectivity index (χ4n) is 4.10. The lowest BCUT2D eigenvalue weighted by atomic mass is 9.93. The Morgan fingerprint density at radius 3 is 2.47 bits per heavy atom. The molecule has 0 aliphatic carbocycles. The summed E-state index contributed by atoms with van der Waals surface area (Å²) in [5, 5.41) is 10.8. The number of benzene rings is 3. The predicted octanol–water partition coefficient (Wildman–Crippen LogP) is 5.11. The van der Waals surface area contributed by atoms with E-state index in [-0.39, 0.29) is 17.8 Å². The van der Waals surface area contributed by atoms with Gasteiger partial charge in [0.2, 0.25) is 0 Å². The van der Waals surface area contributed by atoms with Gasteiger partial charge in [-0.05, 0) is 54.3 Å². The number of Topliss-reactive ketones (excluding diaryl/α,β-unsaturated/α-hetero) is 1. The average molecular weight is 428 g/mol. The first kappa shape index (κ1) is 21.4. The predicted molar refractivity (Wildman–Crippen MR) is 124 cm³/mol. The molecule has 0 saturated carbocycles. The van der Waals surface area contributed by atoms with Crippen molar-refractivity contribution in [1.29, 1.82) is 0 Å². The maximum Gasteiger partial charge on any atom is 0.294 e. The van der Waals surface area contributed by atoms with Crippen molar-refractivity contribution >= 4 is 17.4 Å². The molecule has 1 aliphatic heterocycles. The molecule has 3 aromatic carbocycles. The standard InChI is InChI=1S/C27H25NO4/c1-18-8-6-12-21(16-18)28-25(20-11-7-13-22(17-20)32-2)24(26(30)27(28)31)23(29)15-14-19-9-4-3-5-10-19/h3-13,16-17,25,30H,14-15H2,1-2H3. The van der Waals surface area contributed by atoms with Gasteiger partial charge in [-0.1, -0.05) is 54.6 Å². The molecule has 1 amide bonds. The van der Waals surface area contributed by atoms with Gasteiger partial charge in [-0.3, -0.25) is 14.5 Å². The van der Waals surface area contributed by atoms with Crippen LogP contribution in [0, 0.1) is 6.92 Å². The molecular weight excluding hydrogens is 402 g/mol. The summed E-state index contributed by atoms with van der Waals surface area (Å²) in [6, 6.07) is 23.7. The van der Waals surface area contributed by atoms with E-state index in [2.05, 4.69) is 0 Å². The molecular formula is C27H25NO4. The number of rotatable bonds is 7. The van der Waals surface area contributed by atoms with Crippen LogP contribution in [0.4, 0.5) is 5.69 Å². The number of ketones is 1. The molecule has 1 aliphatic rings. The summed E-state index contributed by atoms with van der Waals surface area (Å²) in [6.07, 6.45) is 0.721. The summed E-state index contributed by atoms with van der Waals surface area (Å²) in [4.78, 5) is 28.0. The van der Waals surface area contributed by atoms with E-state index in [0.29, 0.717) is 23.4 Å². The van der Waals surface area contributed by atoms with Crippen molar-refractivity contribution in [2.24, 2.45) is 0 Å². The first-order valence-electron chi connectivity index (χ1n) is 10.5. The zero-order chi connectivity index (χ0) is 22.7. The molecule has 32 heavy (non-hydrogen) atoms. The largest absolute Gasteiger partial charge is 0.503 e. The zero-order valence-corrected chi connectivity index (χ0v) is 18.1. The van der Waals surface area contributed by atoms with Crippen LogP contribution in [0.3, 0.4) is 0 Å². The van der Waals surface area contributed by atoms with E-state index < -0.39 is 17.7 Å². The second-order valence-corrected chi connectivity index (χ2v) is 7.86. The van der Waals surface area contributed by atoms with Gasteiger partial charge < -0.3 is 9.84 Å². The first-order chi connectivity index (χ1) is 15.5. The normalized spacial score (nSPS) is 15.9. The Balaban J connectivity index is 1.75. The Hall–Kier alpha value is -3.86. The number of amides is 1. The molecule has 1 atom stereocenters. The SMILES string of the molecule is COc1cccc(C2C(C(=O)CCc3ccccc3)=C(O)C(=O)N2c2cccc(C)c2)c1. The van der Waals surface area contributed by atoms with E-state index in [1.807, 2.05) is 73.7 Å². The highest BCUT2D eigenvalue weighted by molar-refractivity contribution is 6.16. The van der Waals surface area contributed by atoms with Gasteiger partial charge in [0.1, 0.15) is 5.75 Å². The Labute approximate surface area is 187 Å². The Kier molecular flexibility index (Phi) is 6.08. The highest BCUT2D eigenvalue weighted by atomic mass is 16.5. The molecule has 1 unspecified atom stereocenters. The molecule has 1 heterocycles. The van der Waals surface area contributed by atoms with Crippen LogP contribution in [0.5, 0.6) is 5.75 Å². The minimum atomic E-state index is -0.734. The Morgan fingerprint density at radius 2 is 1.75 bits per heavy atom. The van der Waals surface area contributed by atoms with Crippen LogP contribution in [0.1, 0.15) is 29.2 Å². The molecule has 4 rings (SSSR count). The van der Waals surface area contributed by atoms with E-state index in [0.717, 1.165) is 11.1 Å². The van der Waals surface area contributed by atoms with E-state index >= 15 is 0 Å². The highest BCUT2D eigenvalue weighted by Gasteiger charge is 2.44. The van der Waals surface area contributed by atoms with Crippen molar-refractivity contribution < 1.29 is 19.4 Å². The van der Waals surface area contributed by atoms with Crippen molar-refractivity contribution in [2.75, 3.05) is 12.0 Å². The minimum absolute atomic E-state index is 0.126. The smallest absolute Gasteiger partial charge is 0.294 e. The number of anilines is 1. The molecule has 0 fully saturated rings. The third-order valence-electron chi connectivity index (χ3n) is 5.68. The summed E-state index contributed by atoms with van der Waals surface area (Å²) < 4.78 is 5.36. The van der Waals surface area contributed by atoms with E-state index in [9.17, 15) is 14.7 Å². The van der Waals surface area contributed by atoms with Crippen LogP contribution in [0.25, 0.3) is 0 Å². The van der Waals surface area contributed by atoms with Gasteiger partial charge in [-0.2, -0.15) is 0 Å². The van der Waals surface area contributed by atoms with Crippen LogP contribution in [-0.2, 0) is 16.0 Å². The molecule has 0 radical (unpaired) electrons. The molecule has 3 aromatic rings. The lowest BCUT2D eigenvalue weighted by Crippen LogP contribution is -2.31. The van der Waals surface area contributed by atoms with Gasteiger partial charge in [0, 0.05) is 12.1 Å². The Bertz CT molecular complexity index is 1180. The topological polar surface area (TPSA) is 66.8 Å². The molecule has 162 valence electrons. The minimum Gasteiger partial charge on any atom is -0.503 e. The van der Waals surface area contributed by atoms with E-state index in [1.165, 1.54) is 4.90 Å². The number of aryl methyl sites for hydroxylation is 2. The molecule has 0 saturated heterocycles. The van der Waals surface area contributed by atoms with Crippen LogP contribution in [0.2, 0.25) is 0 Å². The monoisotopic (exact) mass is 427 g/mol. The number of aliphatic hydroxyl groups is 1. The zero-order valence-electron chi connectivity index (χ0n) is 18.1. The molecule has 0 aromatic heterocycles. The van der Waals surface area contributed by atoms with E-state index in [4.69, 9.17) is 4.74 Å². The number of carbonyl (C=O) groups excluding carboxylic acids is 2. The van der Waals surface area contributed by atoms with Gasteiger partial charge in [0.15, 0.2) is 11.5 Å². The van der Waals surface area contributed by atoms with Crippen LogP contribution < -0.4 is 9.64 Å². The molecule has 0 spiro atoms. The maximum absolute atomic E-state index is 13.3. The van der Waals surface area contributed by atoms with Crippen molar-refractivity contribution in [3.63, 3.8) is 0 Å². The number of hydrogen-bond acceptors (Lipinski definition) is 4.